The van der Waals surface area contributed by atoms with E-state index in [0.717, 1.165) is 0 Å². The topological polar surface area (TPSA) is 60.4 Å². The summed E-state index contributed by atoms with van der Waals surface area (Å²) in [6.07, 6.45) is 2.22. The lowest BCUT2D eigenvalue weighted by molar-refractivity contribution is -0.391. The number of hydrogen-bond donors (Lipinski definition) is 0. The first-order valence-corrected chi connectivity index (χ1v) is 4.34. The minimum absolute atomic E-state index is 0.0723. The molecule has 2 aromatic rings. The Morgan fingerprint density at radius 1 is 1.57 bits per heavy atom. The fourth-order valence-corrected chi connectivity index (χ4v) is 1.46. The second kappa shape index (κ2) is 3.10. The van der Waals surface area contributed by atoms with Crippen molar-refractivity contribution in [2.45, 2.75) is 13.3 Å². The largest absolute Gasteiger partial charge is 0.358 e. The van der Waals surface area contributed by atoms with Crippen molar-refractivity contribution in [3.63, 3.8) is 0 Å². The molecule has 5 nitrogen and oxygen atoms in total. The fraction of sp³-hybridized carbons (Fsp3) is 0.222. The molecule has 0 aromatic carbocycles. The van der Waals surface area contributed by atoms with Gasteiger partial charge in [-0.15, -0.1) is 0 Å². The predicted octanol–water partition coefficient (Wildman–Crippen LogP) is 1.80. The molecule has 2 heterocycles. The molecule has 2 aromatic heterocycles. The molecule has 0 amide bonds. The van der Waals surface area contributed by atoms with Crippen molar-refractivity contribution in [1.82, 2.24) is 9.38 Å². The molecule has 0 atom stereocenters. The van der Waals surface area contributed by atoms with E-state index in [1.807, 2.05) is 13.0 Å². The van der Waals surface area contributed by atoms with Gasteiger partial charge in [-0.25, -0.2) is 4.98 Å². The number of hydrogen-bond acceptors (Lipinski definition) is 3. The first kappa shape index (κ1) is 8.68. The van der Waals surface area contributed by atoms with E-state index in [-0.39, 0.29) is 5.82 Å². The average molecular weight is 191 g/mol. The van der Waals surface area contributed by atoms with Crippen molar-refractivity contribution in [3.05, 3.63) is 40.2 Å². The van der Waals surface area contributed by atoms with Crippen molar-refractivity contribution >= 4 is 11.5 Å². The van der Waals surface area contributed by atoms with Crippen molar-refractivity contribution in [2.24, 2.45) is 0 Å². The van der Waals surface area contributed by atoms with Crippen LogP contribution < -0.4 is 0 Å². The highest BCUT2D eigenvalue weighted by Gasteiger charge is 2.19. The van der Waals surface area contributed by atoms with Gasteiger partial charge in [0.15, 0.2) is 0 Å². The molecule has 0 aliphatic heterocycles. The van der Waals surface area contributed by atoms with Crippen LogP contribution in [0.25, 0.3) is 5.65 Å². The van der Waals surface area contributed by atoms with Crippen molar-refractivity contribution in [2.75, 3.05) is 0 Å². The van der Waals surface area contributed by atoms with Crippen LogP contribution in [0.15, 0.2) is 24.4 Å². The molecule has 0 radical (unpaired) electrons. The second-order valence-electron chi connectivity index (χ2n) is 2.92. The zero-order valence-corrected chi connectivity index (χ0v) is 7.67. The molecule has 5 heteroatoms. The van der Waals surface area contributed by atoms with E-state index < -0.39 is 4.92 Å². The number of imidazole rings is 1. The van der Waals surface area contributed by atoms with Gasteiger partial charge in [-0.3, -0.25) is 0 Å². The van der Waals surface area contributed by atoms with Crippen LogP contribution >= 0.6 is 0 Å². The third kappa shape index (κ3) is 1.14. The number of pyridine rings is 1. The van der Waals surface area contributed by atoms with Gasteiger partial charge in [-0.2, -0.15) is 4.40 Å². The smallest absolute Gasteiger partial charge is 0.351 e. The molecular weight excluding hydrogens is 182 g/mol. The zero-order valence-electron chi connectivity index (χ0n) is 7.67. The first-order valence-electron chi connectivity index (χ1n) is 4.34. The first-order chi connectivity index (χ1) is 6.74. The minimum atomic E-state index is -0.390. The summed E-state index contributed by atoms with van der Waals surface area (Å²) < 4.78 is 1.50. The van der Waals surface area contributed by atoms with Gasteiger partial charge in [0.1, 0.15) is 5.69 Å². The third-order valence-electron chi connectivity index (χ3n) is 2.08. The fourth-order valence-electron chi connectivity index (χ4n) is 1.46. The van der Waals surface area contributed by atoms with Gasteiger partial charge in [0.2, 0.25) is 5.65 Å². The Morgan fingerprint density at radius 3 is 3.00 bits per heavy atom. The Kier molecular flexibility index (Phi) is 1.92. The van der Waals surface area contributed by atoms with Crippen LogP contribution in [-0.4, -0.2) is 14.3 Å². The van der Waals surface area contributed by atoms with Crippen molar-refractivity contribution in [1.29, 1.82) is 0 Å². The van der Waals surface area contributed by atoms with E-state index in [1.165, 1.54) is 4.40 Å². The number of aromatic nitrogens is 2. The highest BCUT2D eigenvalue weighted by molar-refractivity contribution is 5.48. The van der Waals surface area contributed by atoms with E-state index in [4.69, 9.17) is 0 Å². The summed E-state index contributed by atoms with van der Waals surface area (Å²) in [5.74, 6) is 0.0723. The SMILES string of the molecule is CCc1nc2ccccn2c1[N+](=O)[O-]. The maximum absolute atomic E-state index is 10.8. The Hall–Kier alpha value is -1.91. The summed E-state index contributed by atoms with van der Waals surface area (Å²) >= 11 is 0. The summed E-state index contributed by atoms with van der Waals surface area (Å²) in [6.45, 7) is 1.86. The second-order valence-corrected chi connectivity index (χ2v) is 2.92. The van der Waals surface area contributed by atoms with Crippen LogP contribution in [-0.2, 0) is 6.42 Å². The highest BCUT2D eigenvalue weighted by atomic mass is 16.6. The van der Waals surface area contributed by atoms with E-state index in [1.54, 1.807) is 18.3 Å². The Morgan fingerprint density at radius 2 is 2.36 bits per heavy atom. The van der Waals surface area contributed by atoms with Gasteiger partial charge in [0.05, 0.1) is 6.20 Å². The average Bonchev–Trinajstić information content (AvgIpc) is 2.55. The van der Waals surface area contributed by atoms with Gasteiger partial charge in [-0.05, 0) is 17.4 Å². The summed E-state index contributed by atoms with van der Waals surface area (Å²) in [5, 5.41) is 10.8. The molecule has 0 aliphatic rings. The molecule has 0 spiro atoms. The summed E-state index contributed by atoms with van der Waals surface area (Å²) in [7, 11) is 0. The van der Waals surface area contributed by atoms with Crippen LogP contribution in [0, 0.1) is 10.1 Å². The predicted molar refractivity (Wildman–Crippen MR) is 51.2 cm³/mol. The molecule has 0 aliphatic carbocycles. The van der Waals surface area contributed by atoms with Crippen molar-refractivity contribution in [3.8, 4) is 0 Å². The van der Waals surface area contributed by atoms with Gasteiger partial charge in [0.25, 0.3) is 0 Å². The Labute approximate surface area is 80.2 Å². The van der Waals surface area contributed by atoms with Crippen LogP contribution in [0.4, 0.5) is 5.82 Å². The maximum Gasteiger partial charge on any atom is 0.351 e. The van der Waals surface area contributed by atoms with Gasteiger partial charge in [-0.1, -0.05) is 13.0 Å². The van der Waals surface area contributed by atoms with E-state index >= 15 is 0 Å². The highest BCUT2D eigenvalue weighted by Crippen LogP contribution is 2.20. The summed E-state index contributed by atoms with van der Waals surface area (Å²) in [4.78, 5) is 14.6. The van der Waals surface area contributed by atoms with E-state index in [9.17, 15) is 10.1 Å². The normalized spacial score (nSPS) is 10.6. The van der Waals surface area contributed by atoms with Gasteiger partial charge < -0.3 is 10.1 Å². The monoisotopic (exact) mass is 191 g/mol. The number of nitrogens with zero attached hydrogens (tertiary/aromatic N) is 3. The van der Waals surface area contributed by atoms with Crippen LogP contribution in [0.1, 0.15) is 12.6 Å². The maximum atomic E-state index is 10.8. The minimum Gasteiger partial charge on any atom is -0.358 e. The molecule has 0 N–H and O–H groups in total. The molecule has 2 rings (SSSR count). The molecule has 72 valence electrons. The van der Waals surface area contributed by atoms with Crippen molar-refractivity contribution < 1.29 is 4.92 Å². The molecular formula is C9H9N3O2. The molecule has 0 unspecified atom stereocenters. The molecule has 14 heavy (non-hydrogen) atoms. The molecule has 0 saturated carbocycles. The quantitative estimate of drug-likeness (QED) is 0.537. The number of nitro groups is 1. The molecule has 0 bridgehead atoms. The Balaban J connectivity index is 2.81. The summed E-state index contributed by atoms with van der Waals surface area (Å²) in [6, 6.07) is 5.32. The van der Waals surface area contributed by atoms with Crippen LogP contribution in [0.3, 0.4) is 0 Å². The molecule has 0 fully saturated rings. The standard InChI is InChI=1S/C9H9N3O2/c1-2-7-9(12(13)14)11-6-4-3-5-8(11)10-7/h3-6H,2H2,1H3. The summed E-state index contributed by atoms with van der Waals surface area (Å²) in [5.41, 5.74) is 1.15. The van der Waals surface area contributed by atoms with E-state index in [2.05, 4.69) is 4.98 Å². The number of fused-ring (bicyclic) bond motifs is 1. The van der Waals surface area contributed by atoms with Gasteiger partial charge in [0, 0.05) is 6.07 Å². The van der Waals surface area contributed by atoms with Crippen LogP contribution in [0.2, 0.25) is 0 Å². The van der Waals surface area contributed by atoms with Crippen LogP contribution in [0.5, 0.6) is 0 Å². The zero-order chi connectivity index (χ0) is 10.1. The number of aryl methyl sites for hydroxylation is 1. The third-order valence-corrected chi connectivity index (χ3v) is 2.08. The lowest BCUT2D eigenvalue weighted by atomic mass is 10.3. The Bertz CT molecular complexity index is 490. The van der Waals surface area contributed by atoms with E-state index in [0.29, 0.717) is 17.8 Å². The molecule has 0 saturated heterocycles. The lowest BCUT2D eigenvalue weighted by Gasteiger charge is -1.94. The number of rotatable bonds is 2. The lowest BCUT2D eigenvalue weighted by Crippen LogP contribution is -1.96. The van der Waals surface area contributed by atoms with Gasteiger partial charge >= 0.3 is 5.82 Å².